The average Bonchev–Trinajstić information content (AvgIpc) is 2.97. The summed E-state index contributed by atoms with van der Waals surface area (Å²) in [7, 11) is 5.78. The molecule has 0 saturated heterocycles. The Hall–Kier alpha value is -3.87. The van der Waals surface area contributed by atoms with E-state index in [4.69, 9.17) is 21.3 Å². The van der Waals surface area contributed by atoms with E-state index in [1.807, 2.05) is 34.6 Å². The molecule has 7 N–H and O–H groups in total. The normalized spacial score (nSPS) is 9.80. The number of aliphatic carboxylic acids is 1. The Bertz CT molecular complexity index is 880. The summed E-state index contributed by atoms with van der Waals surface area (Å²) in [6.45, 7) is 16.6. The highest BCUT2D eigenvalue weighted by molar-refractivity contribution is 5.95. The van der Waals surface area contributed by atoms with E-state index in [9.17, 15) is 19.2 Å². The molecule has 0 heterocycles. The fourth-order valence-corrected chi connectivity index (χ4v) is 3.01. The van der Waals surface area contributed by atoms with Crippen molar-refractivity contribution in [1.82, 2.24) is 20.4 Å². The second kappa shape index (κ2) is 33.6. The summed E-state index contributed by atoms with van der Waals surface area (Å²) < 4.78 is 5.11. The van der Waals surface area contributed by atoms with Crippen molar-refractivity contribution in [3.63, 3.8) is 0 Å². The van der Waals surface area contributed by atoms with E-state index in [1.54, 1.807) is 30.3 Å². The van der Waals surface area contributed by atoms with Crippen LogP contribution in [0.3, 0.4) is 0 Å². The number of carbonyl (C=O) groups is 4. The molecule has 0 aliphatic heterocycles. The molecule has 0 bridgehead atoms. The van der Waals surface area contributed by atoms with Crippen LogP contribution in [0, 0.1) is 5.92 Å². The van der Waals surface area contributed by atoms with E-state index in [0.717, 1.165) is 18.9 Å². The molecule has 1 rings (SSSR count). The van der Waals surface area contributed by atoms with Gasteiger partial charge >= 0.3 is 12.1 Å². The fraction of sp³-hybridized carbons (Fsp3) is 0.645. The number of guanidine groups is 1. The molecular formula is C31H61N7O6. The summed E-state index contributed by atoms with van der Waals surface area (Å²) in [5.41, 5.74) is 10.0. The highest BCUT2D eigenvalue weighted by Crippen LogP contribution is 2.09. The van der Waals surface area contributed by atoms with Gasteiger partial charge in [0.05, 0.1) is 6.54 Å². The first kappa shape index (κ1) is 47.1. The largest absolute Gasteiger partial charge is 0.481 e. The van der Waals surface area contributed by atoms with Crippen molar-refractivity contribution in [2.24, 2.45) is 22.4 Å². The van der Waals surface area contributed by atoms with Crippen molar-refractivity contribution in [2.75, 3.05) is 53.9 Å². The molecule has 1 atom stereocenters. The minimum atomic E-state index is -1.27. The van der Waals surface area contributed by atoms with Crippen LogP contribution in [0.2, 0.25) is 0 Å². The molecule has 44 heavy (non-hydrogen) atoms. The van der Waals surface area contributed by atoms with Crippen LogP contribution in [0.15, 0.2) is 35.3 Å². The van der Waals surface area contributed by atoms with Crippen LogP contribution in [0.25, 0.3) is 0 Å². The molecule has 0 aliphatic carbocycles. The van der Waals surface area contributed by atoms with Gasteiger partial charge < -0.3 is 41.7 Å². The molecule has 256 valence electrons. The summed E-state index contributed by atoms with van der Waals surface area (Å²) >= 11 is 0. The number of nitrogens with one attached hydrogen (secondary N) is 2. The van der Waals surface area contributed by atoms with Crippen LogP contribution >= 0.6 is 0 Å². The zero-order valence-corrected chi connectivity index (χ0v) is 28.8. The Morgan fingerprint density at radius 2 is 1.50 bits per heavy atom. The number of nitrogens with two attached hydrogens (primary N) is 2. The van der Waals surface area contributed by atoms with Crippen LogP contribution in [0.1, 0.15) is 74.1 Å². The third-order valence-electron chi connectivity index (χ3n) is 4.76. The number of para-hydroxylation sites is 1. The van der Waals surface area contributed by atoms with Gasteiger partial charge in [0.25, 0.3) is 0 Å². The fourth-order valence-electron chi connectivity index (χ4n) is 3.01. The van der Waals surface area contributed by atoms with E-state index < -0.39 is 30.3 Å². The standard InChI is InChI=1S/C15H19N3O6.C8H19N.C4H11N3.2C2H6/c1-18(15(23)24-11-5-3-2-4-6-11)8-7-16-13(20)10-17-12(19)9-14(21)22;1-5-6-8(2)7-9(3)4;1-2-3-7-4(5)6;2*1-2/h2-6H,7-10H2,1H3,(H,16,20)(H,17,19)(H,21,22);8H,5-7H2,1-4H3;2-3H2,1H3,(H4,5,6,7);2*1-2H3. The molecule has 1 unspecified atom stereocenters. The summed E-state index contributed by atoms with van der Waals surface area (Å²) in [5.74, 6) is -1.04. The van der Waals surface area contributed by atoms with Gasteiger partial charge in [0.1, 0.15) is 12.2 Å². The van der Waals surface area contributed by atoms with E-state index >= 15 is 0 Å². The number of ether oxygens (including phenoxy) is 1. The third-order valence-corrected chi connectivity index (χ3v) is 4.76. The van der Waals surface area contributed by atoms with Crippen molar-refractivity contribution in [2.45, 2.75) is 74.1 Å². The molecule has 0 spiro atoms. The average molecular weight is 628 g/mol. The first-order valence-electron chi connectivity index (χ1n) is 15.2. The number of nitrogens with zero attached hydrogens (tertiary/aromatic N) is 3. The Morgan fingerprint density at radius 1 is 0.932 bits per heavy atom. The van der Waals surface area contributed by atoms with Gasteiger partial charge in [-0.25, -0.2) is 4.79 Å². The number of carboxylic acids is 1. The lowest BCUT2D eigenvalue weighted by atomic mass is 10.1. The predicted molar refractivity (Wildman–Crippen MR) is 180 cm³/mol. The number of likely N-dealkylation sites (N-methyl/N-ethyl adjacent to an activating group) is 1. The molecule has 13 heteroatoms. The maximum Gasteiger partial charge on any atom is 0.415 e. The van der Waals surface area contributed by atoms with E-state index in [0.29, 0.717) is 5.75 Å². The molecule has 13 nitrogen and oxygen atoms in total. The van der Waals surface area contributed by atoms with Crippen LogP contribution in [-0.4, -0.2) is 98.6 Å². The molecule has 0 aliphatic rings. The lowest BCUT2D eigenvalue weighted by Crippen LogP contribution is -2.41. The number of carboxylic acid groups (broad SMARTS) is 1. The second-order valence-corrected chi connectivity index (χ2v) is 9.26. The number of carbonyl (C=O) groups excluding carboxylic acids is 3. The van der Waals surface area contributed by atoms with Crippen molar-refractivity contribution >= 4 is 29.8 Å². The molecule has 0 saturated carbocycles. The third kappa shape index (κ3) is 36.2. The quantitative estimate of drug-likeness (QED) is 0.117. The monoisotopic (exact) mass is 627 g/mol. The Labute approximate surface area is 265 Å². The molecule has 1 aromatic rings. The lowest BCUT2D eigenvalue weighted by Gasteiger charge is -2.17. The molecule has 0 aromatic heterocycles. The highest BCUT2D eigenvalue weighted by atomic mass is 16.6. The molecular weight excluding hydrogens is 566 g/mol. The van der Waals surface area contributed by atoms with Crippen LogP contribution in [0.4, 0.5) is 4.79 Å². The van der Waals surface area contributed by atoms with E-state index in [1.165, 1.54) is 31.3 Å². The number of benzene rings is 1. The zero-order chi connectivity index (χ0) is 34.9. The molecule has 3 amide bonds. The molecule has 1 aromatic carbocycles. The van der Waals surface area contributed by atoms with Gasteiger partial charge in [0.2, 0.25) is 11.8 Å². The van der Waals surface area contributed by atoms with Gasteiger partial charge in [-0.15, -0.1) is 0 Å². The summed E-state index contributed by atoms with van der Waals surface area (Å²) in [4.78, 5) is 51.9. The topological polar surface area (TPSA) is 193 Å². The number of aliphatic imine (C=N–C) groups is 1. The van der Waals surface area contributed by atoms with Gasteiger partial charge in [-0.1, -0.05) is 73.1 Å². The van der Waals surface area contributed by atoms with Crippen molar-refractivity contribution < 1.29 is 29.0 Å². The molecule has 0 fully saturated rings. The maximum absolute atomic E-state index is 11.8. The second-order valence-electron chi connectivity index (χ2n) is 9.26. The number of hydrogen-bond donors (Lipinski definition) is 5. The van der Waals surface area contributed by atoms with Gasteiger partial charge in [-0.05, 0) is 45.0 Å². The Balaban J connectivity index is -0.000000328. The predicted octanol–water partition coefficient (Wildman–Crippen LogP) is 3.53. The van der Waals surface area contributed by atoms with E-state index in [-0.39, 0.29) is 25.6 Å². The first-order valence-corrected chi connectivity index (χ1v) is 15.2. The minimum absolute atomic E-state index is 0.161. The van der Waals surface area contributed by atoms with Gasteiger partial charge in [0, 0.05) is 33.2 Å². The SMILES string of the molecule is CC.CC.CCCC(C)CN(C)C.CCCN=C(N)N.CN(CCNC(=O)CNC(=O)CC(=O)O)C(=O)Oc1ccccc1. The summed E-state index contributed by atoms with van der Waals surface area (Å²) in [6, 6.07) is 8.56. The summed E-state index contributed by atoms with van der Waals surface area (Å²) in [6.07, 6.45) is 2.41. The lowest BCUT2D eigenvalue weighted by molar-refractivity contribution is -0.141. The Morgan fingerprint density at radius 3 is 1.93 bits per heavy atom. The minimum Gasteiger partial charge on any atom is -0.481 e. The van der Waals surface area contributed by atoms with Gasteiger partial charge in [-0.3, -0.25) is 19.4 Å². The van der Waals surface area contributed by atoms with Gasteiger partial charge in [-0.2, -0.15) is 0 Å². The number of rotatable bonds is 14. The van der Waals surface area contributed by atoms with Crippen LogP contribution in [-0.2, 0) is 14.4 Å². The summed E-state index contributed by atoms with van der Waals surface area (Å²) in [5, 5.41) is 13.1. The van der Waals surface area contributed by atoms with Crippen molar-refractivity contribution in [3.8, 4) is 5.75 Å². The number of hydrogen-bond acceptors (Lipinski definition) is 7. The van der Waals surface area contributed by atoms with E-state index in [2.05, 4.69) is 48.5 Å². The van der Waals surface area contributed by atoms with Crippen LogP contribution < -0.4 is 26.8 Å². The Kier molecular flexibility index (Phi) is 36.0. The highest BCUT2D eigenvalue weighted by Gasteiger charge is 2.12. The van der Waals surface area contributed by atoms with Crippen molar-refractivity contribution in [3.05, 3.63) is 30.3 Å². The first-order chi connectivity index (χ1) is 20.8. The number of amides is 3. The smallest absolute Gasteiger partial charge is 0.415 e. The van der Waals surface area contributed by atoms with Gasteiger partial charge in [0.15, 0.2) is 5.96 Å². The zero-order valence-electron chi connectivity index (χ0n) is 28.8. The molecule has 0 radical (unpaired) electrons. The maximum atomic E-state index is 11.8. The van der Waals surface area contributed by atoms with Crippen LogP contribution in [0.5, 0.6) is 5.75 Å². The van der Waals surface area contributed by atoms with Crippen molar-refractivity contribution in [1.29, 1.82) is 0 Å².